The predicted molar refractivity (Wildman–Crippen MR) is 83.9 cm³/mol. The molecular weight excluding hydrogens is 298 g/mol. The van der Waals surface area contributed by atoms with Crippen LogP contribution in [0.15, 0.2) is 24.3 Å². The van der Waals surface area contributed by atoms with Crippen molar-refractivity contribution in [2.75, 3.05) is 32.1 Å². The molecule has 23 heavy (non-hydrogen) atoms. The van der Waals surface area contributed by atoms with Gasteiger partial charge in [0.25, 0.3) is 11.8 Å². The lowest BCUT2D eigenvalue weighted by molar-refractivity contribution is -0.909. The average Bonchev–Trinajstić information content (AvgIpc) is 2.52. The number of piperazine rings is 1. The largest absolute Gasteiger partial charge is 0.469 e. The molecule has 2 atom stereocenters. The van der Waals surface area contributed by atoms with Crippen LogP contribution in [0.5, 0.6) is 0 Å². The maximum atomic E-state index is 12.3. The molecule has 1 aromatic carbocycles. The third kappa shape index (κ3) is 4.53. The number of hydrogen-bond acceptors (Lipinski definition) is 4. The van der Waals surface area contributed by atoms with Crippen LogP contribution in [-0.2, 0) is 19.1 Å². The van der Waals surface area contributed by atoms with E-state index in [2.05, 4.69) is 15.4 Å². The molecule has 0 saturated carbocycles. The van der Waals surface area contributed by atoms with Crippen LogP contribution in [0.4, 0.5) is 5.69 Å². The van der Waals surface area contributed by atoms with Crippen molar-refractivity contribution in [1.29, 1.82) is 0 Å². The highest BCUT2D eigenvalue weighted by atomic mass is 16.5. The fourth-order valence-corrected chi connectivity index (χ4v) is 2.64. The number of esters is 1. The van der Waals surface area contributed by atoms with Gasteiger partial charge < -0.3 is 20.3 Å². The van der Waals surface area contributed by atoms with Gasteiger partial charge in [-0.25, -0.2) is 0 Å². The van der Waals surface area contributed by atoms with E-state index in [1.54, 1.807) is 0 Å². The van der Waals surface area contributed by atoms with Crippen LogP contribution in [-0.4, -0.2) is 50.6 Å². The first-order valence-electron chi connectivity index (χ1n) is 7.56. The van der Waals surface area contributed by atoms with Gasteiger partial charge in [-0.1, -0.05) is 18.2 Å². The van der Waals surface area contributed by atoms with E-state index < -0.39 is 12.0 Å². The van der Waals surface area contributed by atoms with Gasteiger partial charge >= 0.3 is 5.97 Å². The summed E-state index contributed by atoms with van der Waals surface area (Å²) in [6, 6.07) is 6.90. The summed E-state index contributed by atoms with van der Waals surface area (Å²) in [5.41, 5.74) is 1.72. The Morgan fingerprint density at radius 2 is 2.13 bits per heavy atom. The first-order valence-corrected chi connectivity index (χ1v) is 7.56. The molecule has 0 spiro atoms. The minimum absolute atomic E-state index is 0.0324. The van der Waals surface area contributed by atoms with Gasteiger partial charge in [0.15, 0.2) is 12.6 Å². The van der Waals surface area contributed by atoms with E-state index in [1.807, 2.05) is 31.2 Å². The summed E-state index contributed by atoms with van der Waals surface area (Å²) < 4.78 is 4.63. The number of rotatable bonds is 5. The van der Waals surface area contributed by atoms with E-state index in [4.69, 9.17) is 0 Å². The summed E-state index contributed by atoms with van der Waals surface area (Å²) in [5, 5.41) is 5.58. The molecule has 1 fully saturated rings. The summed E-state index contributed by atoms with van der Waals surface area (Å²) in [6.45, 7) is 3.12. The van der Waals surface area contributed by atoms with Crippen molar-refractivity contribution >= 4 is 23.5 Å². The van der Waals surface area contributed by atoms with E-state index in [9.17, 15) is 14.4 Å². The molecule has 124 valence electrons. The zero-order valence-corrected chi connectivity index (χ0v) is 13.3. The van der Waals surface area contributed by atoms with Crippen LogP contribution < -0.4 is 15.5 Å². The minimum Gasteiger partial charge on any atom is -0.469 e. The molecule has 7 heteroatoms. The lowest BCUT2D eigenvalue weighted by Gasteiger charge is -2.30. The van der Waals surface area contributed by atoms with E-state index in [0.29, 0.717) is 13.1 Å². The Morgan fingerprint density at radius 1 is 1.39 bits per heavy atom. The molecule has 0 aliphatic carbocycles. The number of aryl methyl sites for hydroxylation is 1. The topological polar surface area (TPSA) is 88.9 Å². The zero-order valence-electron chi connectivity index (χ0n) is 13.3. The molecule has 1 aromatic rings. The van der Waals surface area contributed by atoms with E-state index in [1.165, 1.54) is 7.11 Å². The Kier molecular flexibility index (Phi) is 5.70. The summed E-state index contributed by atoms with van der Waals surface area (Å²) in [5.74, 6) is -0.858. The molecule has 0 radical (unpaired) electrons. The zero-order chi connectivity index (χ0) is 16.8. The van der Waals surface area contributed by atoms with Gasteiger partial charge in [-0.3, -0.25) is 14.4 Å². The van der Waals surface area contributed by atoms with Crippen LogP contribution in [0, 0.1) is 6.92 Å². The molecule has 1 heterocycles. The number of ether oxygens (including phenoxy) is 1. The van der Waals surface area contributed by atoms with Crippen molar-refractivity contribution in [3.8, 4) is 0 Å². The second-order valence-electron chi connectivity index (χ2n) is 5.57. The van der Waals surface area contributed by atoms with Gasteiger partial charge in [-0.05, 0) is 18.6 Å². The Morgan fingerprint density at radius 3 is 2.83 bits per heavy atom. The van der Waals surface area contributed by atoms with Gasteiger partial charge in [-0.15, -0.1) is 0 Å². The highest BCUT2D eigenvalue weighted by Gasteiger charge is 2.36. The Bertz CT molecular complexity index is 603. The molecular formula is C16H22N3O4+. The number of anilines is 1. The predicted octanol–water partition coefficient (Wildman–Crippen LogP) is -1.12. The quantitative estimate of drug-likeness (QED) is 0.600. The number of benzene rings is 1. The number of carbonyl (C=O) groups excluding carboxylic acids is 3. The molecule has 0 aromatic heterocycles. The number of hydrogen-bond donors (Lipinski definition) is 3. The fourth-order valence-electron chi connectivity index (χ4n) is 2.64. The van der Waals surface area contributed by atoms with Gasteiger partial charge in [0, 0.05) is 5.69 Å². The molecule has 1 saturated heterocycles. The number of para-hydroxylation sites is 1. The van der Waals surface area contributed by atoms with Crippen molar-refractivity contribution in [2.45, 2.75) is 19.4 Å². The molecule has 0 bridgehead atoms. The molecule has 1 aliphatic rings. The molecule has 2 rings (SSSR count). The fraction of sp³-hybridized carbons (Fsp3) is 0.438. The van der Waals surface area contributed by atoms with Crippen LogP contribution in [0.25, 0.3) is 0 Å². The number of amides is 2. The maximum Gasteiger partial charge on any atom is 0.312 e. The highest BCUT2D eigenvalue weighted by molar-refractivity contribution is 5.92. The summed E-state index contributed by atoms with van der Waals surface area (Å²) in [7, 11) is 1.29. The maximum absolute atomic E-state index is 12.3. The lowest BCUT2D eigenvalue weighted by Crippen LogP contribution is -3.20. The highest BCUT2D eigenvalue weighted by Crippen LogP contribution is 2.12. The lowest BCUT2D eigenvalue weighted by atomic mass is 10.1. The minimum atomic E-state index is -0.598. The number of methoxy groups -OCH3 is 1. The van der Waals surface area contributed by atoms with E-state index >= 15 is 0 Å². The second-order valence-corrected chi connectivity index (χ2v) is 5.57. The van der Waals surface area contributed by atoms with Crippen LogP contribution in [0.2, 0.25) is 0 Å². The third-order valence-corrected chi connectivity index (χ3v) is 3.96. The third-order valence-electron chi connectivity index (χ3n) is 3.96. The van der Waals surface area contributed by atoms with E-state index in [0.717, 1.165) is 16.2 Å². The Labute approximate surface area is 135 Å². The Hall–Kier alpha value is -2.41. The van der Waals surface area contributed by atoms with Crippen molar-refractivity contribution < 1.29 is 24.0 Å². The molecule has 7 nitrogen and oxygen atoms in total. The smallest absolute Gasteiger partial charge is 0.312 e. The van der Waals surface area contributed by atoms with Gasteiger partial charge in [0.05, 0.1) is 20.2 Å². The second kappa shape index (κ2) is 7.73. The summed E-state index contributed by atoms with van der Waals surface area (Å²) >= 11 is 0. The molecule has 3 N–H and O–H groups in total. The van der Waals surface area contributed by atoms with Gasteiger partial charge in [0.1, 0.15) is 6.42 Å². The van der Waals surface area contributed by atoms with Crippen LogP contribution >= 0.6 is 0 Å². The SMILES string of the molecule is COC(=O)C[C@H]1C(=O)NCC[NH+]1CC(=O)Nc1ccccc1C. The number of quaternary nitrogens is 1. The first-order chi connectivity index (χ1) is 11.0. The Balaban J connectivity index is 2.01. The van der Waals surface area contributed by atoms with Gasteiger partial charge in [-0.2, -0.15) is 0 Å². The summed E-state index contributed by atoms with van der Waals surface area (Å²) in [6.07, 6.45) is -0.0324. The standard InChI is InChI=1S/C16H21N3O4/c1-11-5-3-4-6-12(11)18-14(20)10-19-8-7-17-16(22)13(19)9-15(21)23-2/h3-6,13H,7-10H2,1-2H3,(H,17,22)(H,18,20)/p+1/t13-/m0/s1. The molecule has 1 aliphatic heterocycles. The average molecular weight is 320 g/mol. The van der Waals surface area contributed by atoms with Crippen molar-refractivity contribution in [2.24, 2.45) is 0 Å². The van der Waals surface area contributed by atoms with Gasteiger partial charge in [0.2, 0.25) is 0 Å². The number of nitrogens with one attached hydrogen (secondary N) is 3. The normalized spacial score (nSPS) is 20.5. The van der Waals surface area contributed by atoms with Crippen molar-refractivity contribution in [3.05, 3.63) is 29.8 Å². The van der Waals surface area contributed by atoms with Crippen molar-refractivity contribution in [3.63, 3.8) is 0 Å². The van der Waals surface area contributed by atoms with Crippen LogP contribution in [0.1, 0.15) is 12.0 Å². The van der Waals surface area contributed by atoms with Crippen molar-refractivity contribution in [1.82, 2.24) is 5.32 Å². The summed E-state index contributed by atoms with van der Waals surface area (Å²) in [4.78, 5) is 36.5. The molecule has 1 unspecified atom stereocenters. The van der Waals surface area contributed by atoms with Crippen LogP contribution in [0.3, 0.4) is 0 Å². The van der Waals surface area contributed by atoms with E-state index in [-0.39, 0.29) is 24.8 Å². The number of carbonyl (C=O) groups is 3. The first kappa shape index (κ1) is 17.0. The molecule has 2 amide bonds. The monoisotopic (exact) mass is 320 g/mol.